The van der Waals surface area contributed by atoms with Crippen molar-refractivity contribution in [1.82, 2.24) is 4.90 Å². The molecule has 1 nitrogen and oxygen atoms in total. The van der Waals surface area contributed by atoms with Crippen LogP contribution in [0.3, 0.4) is 0 Å². The van der Waals surface area contributed by atoms with Crippen LogP contribution in [0.15, 0.2) is 24.3 Å². The number of nitrogens with zero attached hydrogens (tertiary/aromatic N) is 1. The number of rotatable bonds is 3. The molecule has 0 N–H and O–H groups in total. The van der Waals surface area contributed by atoms with Crippen molar-refractivity contribution in [3.05, 3.63) is 35.4 Å². The van der Waals surface area contributed by atoms with Gasteiger partial charge in [-0.15, -0.1) is 17.0 Å². The Kier molecular flexibility index (Phi) is 6.60. The van der Waals surface area contributed by atoms with E-state index in [-0.39, 0.29) is 17.0 Å². The van der Waals surface area contributed by atoms with Gasteiger partial charge in [0.1, 0.15) is 0 Å². The molecule has 1 aromatic carbocycles. The molecular formula is C14H22BrNS. The molecule has 1 aliphatic heterocycles. The molecule has 1 heterocycles. The number of piperidine rings is 1. The molecule has 0 saturated carbocycles. The van der Waals surface area contributed by atoms with Crippen molar-refractivity contribution in [3.63, 3.8) is 0 Å². The Morgan fingerprint density at radius 3 is 2.35 bits per heavy atom. The van der Waals surface area contributed by atoms with E-state index in [1.54, 1.807) is 0 Å². The minimum atomic E-state index is 0. The molecule has 0 bridgehead atoms. The lowest BCUT2D eigenvalue weighted by Crippen LogP contribution is -2.31. The summed E-state index contributed by atoms with van der Waals surface area (Å²) in [7, 11) is 2.22. The van der Waals surface area contributed by atoms with Gasteiger partial charge in [0.2, 0.25) is 0 Å². The van der Waals surface area contributed by atoms with Gasteiger partial charge in [-0.1, -0.05) is 29.8 Å². The Morgan fingerprint density at radius 2 is 1.76 bits per heavy atom. The lowest BCUT2D eigenvalue weighted by Gasteiger charge is -2.28. The fourth-order valence-corrected chi connectivity index (χ4v) is 3.21. The van der Waals surface area contributed by atoms with Crippen LogP contribution in [0.4, 0.5) is 0 Å². The molecule has 17 heavy (non-hydrogen) atoms. The van der Waals surface area contributed by atoms with Crippen LogP contribution in [0.2, 0.25) is 0 Å². The highest BCUT2D eigenvalue weighted by Gasteiger charge is 2.16. The minimum Gasteiger partial charge on any atom is -0.306 e. The molecule has 0 aliphatic carbocycles. The number of benzene rings is 1. The summed E-state index contributed by atoms with van der Waals surface area (Å²) in [5.74, 6) is 1.18. The number of likely N-dealkylation sites (tertiary alicyclic amines) is 1. The molecule has 96 valence electrons. The van der Waals surface area contributed by atoms with Gasteiger partial charge in [-0.25, -0.2) is 0 Å². The Labute approximate surface area is 120 Å². The molecule has 0 unspecified atom stereocenters. The van der Waals surface area contributed by atoms with Crippen LogP contribution < -0.4 is 0 Å². The predicted molar refractivity (Wildman–Crippen MR) is 83.3 cm³/mol. The van der Waals surface area contributed by atoms with Crippen molar-refractivity contribution >= 4 is 28.7 Å². The third-order valence-corrected chi connectivity index (χ3v) is 4.71. The maximum Gasteiger partial charge on any atom is 0.0187 e. The van der Waals surface area contributed by atoms with Crippen LogP contribution in [0, 0.1) is 6.92 Å². The Morgan fingerprint density at radius 1 is 1.18 bits per heavy atom. The van der Waals surface area contributed by atoms with E-state index >= 15 is 0 Å². The van der Waals surface area contributed by atoms with Gasteiger partial charge in [-0.05, 0) is 45.5 Å². The zero-order valence-electron chi connectivity index (χ0n) is 10.7. The lowest BCUT2D eigenvalue weighted by molar-refractivity contribution is 0.282. The largest absolute Gasteiger partial charge is 0.306 e. The van der Waals surface area contributed by atoms with E-state index in [1.165, 1.54) is 42.8 Å². The topological polar surface area (TPSA) is 3.24 Å². The molecule has 1 fully saturated rings. The van der Waals surface area contributed by atoms with E-state index in [1.807, 2.05) is 0 Å². The van der Waals surface area contributed by atoms with Gasteiger partial charge in [0, 0.05) is 11.0 Å². The Hall–Kier alpha value is 0.01000. The van der Waals surface area contributed by atoms with Crippen LogP contribution in [0.25, 0.3) is 0 Å². The minimum absolute atomic E-state index is 0. The summed E-state index contributed by atoms with van der Waals surface area (Å²) in [6, 6.07) is 8.95. The fourth-order valence-electron chi connectivity index (χ4n) is 2.05. The van der Waals surface area contributed by atoms with Gasteiger partial charge in [-0.3, -0.25) is 0 Å². The van der Waals surface area contributed by atoms with Crippen molar-refractivity contribution in [3.8, 4) is 0 Å². The first-order valence-corrected chi connectivity index (χ1v) is 7.14. The van der Waals surface area contributed by atoms with Crippen molar-refractivity contribution < 1.29 is 0 Å². The summed E-state index contributed by atoms with van der Waals surface area (Å²) < 4.78 is 0. The van der Waals surface area contributed by atoms with Crippen molar-refractivity contribution in [2.24, 2.45) is 0 Å². The average molecular weight is 316 g/mol. The summed E-state index contributed by atoms with van der Waals surface area (Å²) in [5.41, 5.74) is 2.82. The van der Waals surface area contributed by atoms with Gasteiger partial charge in [0.15, 0.2) is 0 Å². The predicted octanol–water partition coefficient (Wildman–Crippen LogP) is 3.90. The standard InChI is InChI=1S/C14H21NS.BrH/c1-12-3-5-13(6-4-12)11-16-14-7-9-15(2)10-8-14;/h3-6,14H,7-11H2,1-2H3;1H. The molecule has 0 amide bonds. The fraction of sp³-hybridized carbons (Fsp3) is 0.571. The number of hydrogen-bond acceptors (Lipinski definition) is 2. The second kappa shape index (κ2) is 7.45. The van der Waals surface area contributed by atoms with Crippen molar-refractivity contribution in [1.29, 1.82) is 0 Å². The third-order valence-electron chi connectivity index (χ3n) is 3.27. The second-order valence-corrected chi connectivity index (χ2v) is 6.09. The summed E-state index contributed by atoms with van der Waals surface area (Å²) in [4.78, 5) is 2.43. The van der Waals surface area contributed by atoms with Crippen LogP contribution in [0.5, 0.6) is 0 Å². The van der Waals surface area contributed by atoms with Gasteiger partial charge >= 0.3 is 0 Å². The summed E-state index contributed by atoms with van der Waals surface area (Å²) in [6.07, 6.45) is 2.71. The Balaban J connectivity index is 0.00000144. The van der Waals surface area contributed by atoms with E-state index in [9.17, 15) is 0 Å². The van der Waals surface area contributed by atoms with E-state index < -0.39 is 0 Å². The smallest absolute Gasteiger partial charge is 0.0187 e. The SMILES string of the molecule is Br.Cc1ccc(CSC2CCN(C)CC2)cc1. The first-order valence-electron chi connectivity index (χ1n) is 6.10. The summed E-state index contributed by atoms with van der Waals surface area (Å²) >= 11 is 2.13. The molecule has 0 radical (unpaired) electrons. The highest BCUT2D eigenvalue weighted by molar-refractivity contribution is 8.93. The van der Waals surface area contributed by atoms with Gasteiger partial charge in [0.05, 0.1) is 0 Å². The quantitative estimate of drug-likeness (QED) is 0.832. The highest BCUT2D eigenvalue weighted by atomic mass is 79.9. The zero-order valence-corrected chi connectivity index (χ0v) is 13.2. The molecule has 0 aromatic heterocycles. The maximum atomic E-state index is 2.43. The normalized spacial score (nSPS) is 17.8. The Bertz CT molecular complexity index is 317. The molecular weight excluding hydrogens is 294 g/mol. The van der Waals surface area contributed by atoms with Crippen LogP contribution in [-0.4, -0.2) is 30.3 Å². The summed E-state index contributed by atoms with van der Waals surface area (Å²) in [6.45, 7) is 4.69. The van der Waals surface area contributed by atoms with Gasteiger partial charge in [0.25, 0.3) is 0 Å². The van der Waals surface area contributed by atoms with Crippen molar-refractivity contribution in [2.45, 2.75) is 30.8 Å². The third kappa shape index (κ3) is 5.02. The zero-order chi connectivity index (χ0) is 11.4. The molecule has 3 heteroatoms. The van der Waals surface area contributed by atoms with E-state index in [0.29, 0.717) is 0 Å². The van der Waals surface area contributed by atoms with Crippen LogP contribution in [-0.2, 0) is 5.75 Å². The van der Waals surface area contributed by atoms with E-state index in [2.05, 4.69) is 54.9 Å². The van der Waals surface area contributed by atoms with Gasteiger partial charge in [-0.2, -0.15) is 11.8 Å². The number of thioether (sulfide) groups is 1. The van der Waals surface area contributed by atoms with Crippen LogP contribution >= 0.6 is 28.7 Å². The molecule has 0 spiro atoms. The summed E-state index contributed by atoms with van der Waals surface area (Å²) in [5, 5.41) is 0.873. The molecule has 0 atom stereocenters. The highest BCUT2D eigenvalue weighted by Crippen LogP contribution is 2.26. The van der Waals surface area contributed by atoms with E-state index in [4.69, 9.17) is 0 Å². The number of aryl methyl sites for hydroxylation is 1. The first-order chi connectivity index (χ1) is 7.74. The van der Waals surface area contributed by atoms with Crippen LogP contribution in [0.1, 0.15) is 24.0 Å². The average Bonchev–Trinajstić information content (AvgIpc) is 2.30. The monoisotopic (exact) mass is 315 g/mol. The molecule has 1 saturated heterocycles. The molecule has 1 aromatic rings. The number of hydrogen-bond donors (Lipinski definition) is 0. The lowest BCUT2D eigenvalue weighted by atomic mass is 10.1. The molecule has 2 rings (SSSR count). The maximum absolute atomic E-state index is 2.43. The number of halogens is 1. The van der Waals surface area contributed by atoms with E-state index in [0.717, 1.165) is 5.25 Å². The first kappa shape index (κ1) is 15.1. The van der Waals surface area contributed by atoms with Gasteiger partial charge < -0.3 is 4.90 Å². The second-order valence-electron chi connectivity index (χ2n) is 4.80. The van der Waals surface area contributed by atoms with Crippen molar-refractivity contribution in [2.75, 3.05) is 20.1 Å². The molecule has 1 aliphatic rings.